The van der Waals surface area contributed by atoms with Gasteiger partial charge in [-0.2, -0.15) is 0 Å². The number of amides is 1. The number of methoxy groups -OCH3 is 1. The van der Waals surface area contributed by atoms with Crippen molar-refractivity contribution in [3.05, 3.63) is 29.8 Å². The number of hydrogen-bond donors (Lipinski definition) is 2. The van der Waals surface area contributed by atoms with Gasteiger partial charge in [-0.05, 0) is 18.1 Å². The molecular formula is C14H23N3O2. The Kier molecular flexibility index (Phi) is 6.92. The maximum atomic E-state index is 11.8. The number of benzene rings is 1. The highest BCUT2D eigenvalue weighted by Gasteiger charge is 2.09. The van der Waals surface area contributed by atoms with Crippen molar-refractivity contribution in [1.82, 2.24) is 5.32 Å². The zero-order valence-electron chi connectivity index (χ0n) is 11.7. The molecular weight excluding hydrogens is 242 g/mol. The molecule has 1 rings (SSSR count). The molecule has 0 aliphatic rings. The maximum Gasteiger partial charge on any atom is 0.239 e. The van der Waals surface area contributed by atoms with Gasteiger partial charge in [0, 0.05) is 39.5 Å². The van der Waals surface area contributed by atoms with E-state index in [2.05, 4.69) is 5.32 Å². The van der Waals surface area contributed by atoms with Crippen molar-refractivity contribution in [2.75, 3.05) is 38.8 Å². The molecule has 0 atom stereocenters. The van der Waals surface area contributed by atoms with Crippen molar-refractivity contribution < 1.29 is 9.53 Å². The Morgan fingerprint density at radius 1 is 1.42 bits per heavy atom. The van der Waals surface area contributed by atoms with E-state index in [-0.39, 0.29) is 5.91 Å². The minimum atomic E-state index is 0.00503. The lowest BCUT2D eigenvalue weighted by atomic mass is 10.1. The van der Waals surface area contributed by atoms with Gasteiger partial charge < -0.3 is 20.7 Å². The van der Waals surface area contributed by atoms with Crippen LogP contribution in [-0.4, -0.2) is 39.8 Å². The second-order valence-electron chi connectivity index (χ2n) is 4.39. The number of carbonyl (C=O) groups is 1. The normalized spacial score (nSPS) is 10.3. The molecule has 0 spiro atoms. The number of rotatable bonds is 8. The fraction of sp³-hybridized carbons (Fsp3) is 0.500. The van der Waals surface area contributed by atoms with Crippen LogP contribution in [0, 0.1) is 0 Å². The molecule has 0 aliphatic carbocycles. The number of nitrogens with zero attached hydrogens (tertiary/aromatic N) is 1. The van der Waals surface area contributed by atoms with Crippen molar-refractivity contribution in [1.29, 1.82) is 0 Å². The predicted octanol–water partition coefficient (Wildman–Crippen LogP) is 0.734. The van der Waals surface area contributed by atoms with Crippen LogP contribution in [0.5, 0.6) is 0 Å². The number of likely N-dealkylation sites (N-methyl/N-ethyl adjacent to an activating group) is 1. The average molecular weight is 265 g/mol. The van der Waals surface area contributed by atoms with Crippen molar-refractivity contribution in [3.63, 3.8) is 0 Å². The second kappa shape index (κ2) is 8.50. The van der Waals surface area contributed by atoms with Gasteiger partial charge >= 0.3 is 0 Å². The number of hydrogen-bond acceptors (Lipinski definition) is 4. The molecule has 0 unspecified atom stereocenters. The summed E-state index contributed by atoms with van der Waals surface area (Å²) in [6.07, 6.45) is 0.825. The molecule has 0 heterocycles. The highest BCUT2D eigenvalue weighted by molar-refractivity contribution is 5.81. The van der Waals surface area contributed by atoms with Crippen LogP contribution < -0.4 is 16.0 Å². The minimum Gasteiger partial charge on any atom is -0.385 e. The van der Waals surface area contributed by atoms with E-state index in [1.807, 2.05) is 36.2 Å². The number of nitrogens with one attached hydrogen (secondary N) is 1. The van der Waals surface area contributed by atoms with E-state index >= 15 is 0 Å². The van der Waals surface area contributed by atoms with Gasteiger partial charge in [0.25, 0.3) is 0 Å². The molecule has 0 radical (unpaired) electrons. The molecule has 19 heavy (non-hydrogen) atoms. The second-order valence-corrected chi connectivity index (χ2v) is 4.39. The molecule has 0 fully saturated rings. The molecule has 1 aromatic rings. The molecule has 1 aromatic carbocycles. The topological polar surface area (TPSA) is 67.6 Å². The molecule has 106 valence electrons. The third-order valence-corrected chi connectivity index (χ3v) is 2.85. The molecule has 0 saturated heterocycles. The number of anilines is 1. The molecule has 1 amide bonds. The van der Waals surface area contributed by atoms with E-state index in [0.717, 1.165) is 17.7 Å². The zero-order valence-corrected chi connectivity index (χ0v) is 11.7. The van der Waals surface area contributed by atoms with Crippen LogP contribution >= 0.6 is 0 Å². The number of ether oxygens (including phenoxy) is 1. The van der Waals surface area contributed by atoms with Crippen molar-refractivity contribution >= 4 is 11.6 Å². The summed E-state index contributed by atoms with van der Waals surface area (Å²) in [7, 11) is 3.54. The highest BCUT2D eigenvalue weighted by atomic mass is 16.5. The van der Waals surface area contributed by atoms with Gasteiger partial charge in [0.15, 0.2) is 0 Å². The molecule has 5 heteroatoms. The van der Waals surface area contributed by atoms with E-state index in [1.165, 1.54) is 0 Å². The Balaban J connectivity index is 2.45. The molecule has 5 nitrogen and oxygen atoms in total. The van der Waals surface area contributed by atoms with E-state index in [1.54, 1.807) is 7.11 Å². The quantitative estimate of drug-likeness (QED) is 0.680. The van der Waals surface area contributed by atoms with Crippen molar-refractivity contribution in [3.8, 4) is 0 Å². The lowest BCUT2D eigenvalue weighted by Gasteiger charge is -2.21. The third kappa shape index (κ3) is 5.28. The predicted molar refractivity (Wildman–Crippen MR) is 77.1 cm³/mol. The summed E-state index contributed by atoms with van der Waals surface area (Å²) in [6, 6.07) is 7.84. The van der Waals surface area contributed by atoms with Crippen molar-refractivity contribution in [2.45, 2.75) is 13.0 Å². The van der Waals surface area contributed by atoms with Crippen LogP contribution in [0.2, 0.25) is 0 Å². The third-order valence-electron chi connectivity index (χ3n) is 2.85. The van der Waals surface area contributed by atoms with Crippen LogP contribution in [0.4, 0.5) is 5.69 Å². The van der Waals surface area contributed by atoms with Gasteiger partial charge in [-0.3, -0.25) is 4.79 Å². The Bertz CT molecular complexity index is 396. The Morgan fingerprint density at radius 2 is 2.16 bits per heavy atom. The first-order valence-corrected chi connectivity index (χ1v) is 6.43. The van der Waals surface area contributed by atoms with Crippen LogP contribution in [0.3, 0.4) is 0 Å². The Morgan fingerprint density at radius 3 is 2.84 bits per heavy atom. The van der Waals surface area contributed by atoms with E-state index in [0.29, 0.717) is 26.2 Å². The fourth-order valence-corrected chi connectivity index (χ4v) is 1.86. The average Bonchev–Trinajstić information content (AvgIpc) is 2.43. The summed E-state index contributed by atoms with van der Waals surface area (Å²) in [6.45, 7) is 2.09. The largest absolute Gasteiger partial charge is 0.385 e. The smallest absolute Gasteiger partial charge is 0.239 e. The van der Waals surface area contributed by atoms with Crippen LogP contribution in [-0.2, 0) is 16.1 Å². The van der Waals surface area contributed by atoms with Gasteiger partial charge in [0.2, 0.25) is 5.91 Å². The molecule has 3 N–H and O–H groups in total. The standard InChI is InChI=1S/C14H23N3O2/c1-17(11-14(18)16-8-5-9-19-2)13-7-4-3-6-12(13)10-15/h3-4,6-7H,5,8-11,15H2,1-2H3,(H,16,18). The molecule has 0 saturated carbocycles. The summed E-state index contributed by atoms with van der Waals surface area (Å²) in [5, 5.41) is 2.86. The molecule has 0 aromatic heterocycles. The van der Waals surface area contributed by atoms with Crippen LogP contribution in [0.25, 0.3) is 0 Å². The SMILES string of the molecule is COCCCNC(=O)CN(C)c1ccccc1CN. The first-order valence-electron chi connectivity index (χ1n) is 6.43. The van der Waals surface area contributed by atoms with Gasteiger partial charge in [0.05, 0.1) is 6.54 Å². The summed E-state index contributed by atoms with van der Waals surface area (Å²) in [5.41, 5.74) is 7.73. The summed E-state index contributed by atoms with van der Waals surface area (Å²) >= 11 is 0. The van der Waals surface area contributed by atoms with Gasteiger partial charge in [0.1, 0.15) is 0 Å². The first kappa shape index (κ1) is 15.5. The number of nitrogens with two attached hydrogens (primary N) is 1. The van der Waals surface area contributed by atoms with E-state index < -0.39 is 0 Å². The van der Waals surface area contributed by atoms with Gasteiger partial charge in [-0.1, -0.05) is 18.2 Å². The van der Waals surface area contributed by atoms with Crippen LogP contribution in [0.1, 0.15) is 12.0 Å². The molecule has 0 aliphatic heterocycles. The van der Waals surface area contributed by atoms with Crippen molar-refractivity contribution in [2.24, 2.45) is 5.73 Å². The minimum absolute atomic E-state index is 0.00503. The monoisotopic (exact) mass is 265 g/mol. The van der Waals surface area contributed by atoms with Gasteiger partial charge in [-0.25, -0.2) is 0 Å². The highest BCUT2D eigenvalue weighted by Crippen LogP contribution is 2.17. The Labute approximate surface area is 114 Å². The molecule has 0 bridgehead atoms. The number of para-hydroxylation sites is 1. The number of carbonyl (C=O) groups excluding carboxylic acids is 1. The lowest BCUT2D eigenvalue weighted by molar-refractivity contribution is -0.119. The zero-order chi connectivity index (χ0) is 14.1. The van der Waals surface area contributed by atoms with Crippen LogP contribution in [0.15, 0.2) is 24.3 Å². The first-order chi connectivity index (χ1) is 9.19. The fourth-order valence-electron chi connectivity index (χ4n) is 1.86. The lowest BCUT2D eigenvalue weighted by Crippen LogP contribution is -2.36. The van der Waals surface area contributed by atoms with E-state index in [4.69, 9.17) is 10.5 Å². The summed E-state index contributed by atoms with van der Waals surface area (Å²) < 4.78 is 4.93. The summed E-state index contributed by atoms with van der Waals surface area (Å²) in [5.74, 6) is 0.00503. The van der Waals surface area contributed by atoms with E-state index in [9.17, 15) is 4.79 Å². The Hall–Kier alpha value is -1.59. The van der Waals surface area contributed by atoms with Gasteiger partial charge in [-0.15, -0.1) is 0 Å². The maximum absolute atomic E-state index is 11.8. The summed E-state index contributed by atoms with van der Waals surface area (Å²) in [4.78, 5) is 13.7.